The fourth-order valence-corrected chi connectivity index (χ4v) is 10.1. The van der Waals surface area contributed by atoms with Crippen molar-refractivity contribution in [3.63, 3.8) is 0 Å². The zero-order valence-electron chi connectivity index (χ0n) is 56.1. The van der Waals surface area contributed by atoms with E-state index in [1.54, 1.807) is 0 Å². The summed E-state index contributed by atoms with van der Waals surface area (Å²) in [7, 11) is 0. The van der Waals surface area contributed by atoms with Crippen molar-refractivity contribution in [2.75, 3.05) is 10.6 Å². The van der Waals surface area contributed by atoms with Gasteiger partial charge in [0.2, 0.25) is 0 Å². The van der Waals surface area contributed by atoms with Crippen molar-refractivity contribution in [3.8, 4) is 39.6 Å². The Kier molecular flexibility index (Phi) is 12.9. The van der Waals surface area contributed by atoms with Gasteiger partial charge in [0.1, 0.15) is 17.3 Å². The molecule has 5 heteroatoms. The van der Waals surface area contributed by atoms with E-state index < -0.39 is 34.4 Å². The minimum Gasteiger partial charge on any atom is -0.457 e. The lowest BCUT2D eigenvalue weighted by molar-refractivity contribution is 0.483. The molecule has 0 saturated carbocycles. The molecule has 77 heavy (non-hydrogen) atoms. The van der Waals surface area contributed by atoms with Crippen LogP contribution in [0.1, 0.15) is 173 Å². The van der Waals surface area contributed by atoms with Gasteiger partial charge in [0.05, 0.1) is 39.1 Å². The van der Waals surface area contributed by atoms with Gasteiger partial charge in [-0.3, -0.25) is 4.57 Å². The largest absolute Gasteiger partial charge is 0.457 e. The molecule has 2 heterocycles. The molecule has 0 fully saturated rings. The van der Waals surface area contributed by atoms with Gasteiger partial charge in [0.25, 0.3) is 0 Å². The SMILES string of the molecule is [2H]c1c([2H])c([2H])c(-c2cc(C(C)(C)C)cc(-c3c([2H])c(C(C)(C)C)c([2H])c(C(C)(C)C)c3[2H])c2Nc2ccccc2Nc2cccc(Oc3ccc4c5c(CCC)c(CCCCCC)ccc5n(-c5cc(C(C)(C)C)ccn5)c4c3)c2)c([2H])c1[2H]. The second-order valence-electron chi connectivity index (χ2n) is 24.9. The number of nitrogens with zero attached hydrogens (tertiary/aromatic N) is 2. The van der Waals surface area contributed by atoms with Crippen LogP contribution < -0.4 is 15.4 Å². The highest BCUT2D eigenvalue weighted by molar-refractivity contribution is 6.11. The molecule has 2 aromatic heterocycles. The van der Waals surface area contributed by atoms with E-state index >= 15 is 0 Å². The number of benzene rings is 7. The summed E-state index contributed by atoms with van der Waals surface area (Å²) in [5, 5.41) is 9.76. The van der Waals surface area contributed by atoms with Gasteiger partial charge in [-0.25, -0.2) is 4.98 Å². The van der Waals surface area contributed by atoms with Gasteiger partial charge in [-0.2, -0.15) is 0 Å². The Balaban J connectivity index is 1.18. The number of hydrogen-bond acceptors (Lipinski definition) is 4. The molecule has 2 N–H and O–H groups in total. The molecular weight excluding hydrogens is 937 g/mol. The highest BCUT2D eigenvalue weighted by Gasteiger charge is 2.27. The first-order chi connectivity index (χ1) is 40.0. The number of aryl methyl sites for hydroxylation is 2. The first-order valence-corrected chi connectivity index (χ1v) is 27.8. The smallest absolute Gasteiger partial charge is 0.137 e. The molecule has 5 nitrogen and oxygen atoms in total. The van der Waals surface area contributed by atoms with E-state index in [0.29, 0.717) is 56.5 Å². The molecular formula is C72H84N4O. The zero-order chi connectivity index (χ0) is 61.8. The van der Waals surface area contributed by atoms with Crippen molar-refractivity contribution < 1.29 is 15.7 Å². The molecule has 0 aliphatic rings. The maximum absolute atomic E-state index is 10.0. The number of nitrogens with one attached hydrogen (secondary N) is 2. The average molecular weight is 1030 g/mol. The predicted molar refractivity (Wildman–Crippen MR) is 332 cm³/mol. The van der Waals surface area contributed by atoms with Crippen molar-refractivity contribution in [1.29, 1.82) is 0 Å². The van der Waals surface area contributed by atoms with Gasteiger partial charge >= 0.3 is 0 Å². The topological polar surface area (TPSA) is 51.1 Å². The van der Waals surface area contributed by atoms with Gasteiger partial charge in [-0.1, -0.05) is 195 Å². The fourth-order valence-electron chi connectivity index (χ4n) is 10.1. The monoisotopic (exact) mass is 1030 g/mol. The Labute approximate surface area is 472 Å². The Morgan fingerprint density at radius 3 is 1.83 bits per heavy atom. The minimum absolute atomic E-state index is 0.0180. The Morgan fingerprint density at radius 1 is 0.532 bits per heavy atom. The van der Waals surface area contributed by atoms with Gasteiger partial charge < -0.3 is 15.4 Å². The molecule has 0 spiro atoms. The Hall–Kier alpha value is -7.11. The van der Waals surface area contributed by atoms with E-state index in [2.05, 4.69) is 92.3 Å². The maximum Gasteiger partial charge on any atom is 0.137 e. The van der Waals surface area contributed by atoms with E-state index in [4.69, 9.17) is 13.8 Å². The van der Waals surface area contributed by atoms with E-state index in [1.807, 2.05) is 129 Å². The van der Waals surface area contributed by atoms with Crippen molar-refractivity contribution in [1.82, 2.24) is 9.55 Å². The summed E-state index contributed by atoms with van der Waals surface area (Å²) in [5.41, 5.74) is 9.19. The van der Waals surface area contributed by atoms with Crippen molar-refractivity contribution in [2.24, 2.45) is 0 Å². The molecule has 0 bridgehead atoms. The number of hydrogen-bond donors (Lipinski definition) is 2. The van der Waals surface area contributed by atoms with Crippen LogP contribution in [0.4, 0.5) is 22.7 Å². The van der Waals surface area contributed by atoms with Crippen LogP contribution >= 0.6 is 0 Å². The lowest BCUT2D eigenvalue weighted by Crippen LogP contribution is -2.17. The van der Waals surface area contributed by atoms with Crippen molar-refractivity contribution >= 4 is 44.6 Å². The van der Waals surface area contributed by atoms with Crippen molar-refractivity contribution in [2.45, 2.75) is 164 Å². The quantitative estimate of drug-likeness (QED) is 0.0947. The molecule has 0 atom stereocenters. The fraction of sp³-hybridized carbons (Fsp3) is 0.347. The summed E-state index contributed by atoms with van der Waals surface area (Å²) in [6, 6.07) is 32.5. The number of unbranched alkanes of at least 4 members (excludes halogenated alkanes) is 3. The number of para-hydroxylation sites is 2. The van der Waals surface area contributed by atoms with Crippen LogP contribution in [0.5, 0.6) is 11.5 Å². The lowest BCUT2D eigenvalue weighted by Gasteiger charge is -2.29. The molecule has 0 amide bonds. The Bertz CT molecular complexity index is 3950. The second kappa shape index (κ2) is 22.1. The Morgan fingerprint density at radius 2 is 1.18 bits per heavy atom. The van der Waals surface area contributed by atoms with Crippen molar-refractivity contribution in [3.05, 3.63) is 191 Å². The van der Waals surface area contributed by atoms with Crippen LogP contribution in [0.15, 0.2) is 158 Å². The van der Waals surface area contributed by atoms with E-state index in [-0.39, 0.29) is 46.8 Å². The number of aromatic nitrogens is 2. The standard InChI is InChI=1S/C72H84N4O/c1-15-17-18-20-29-49-34-37-64-67(58(49)26-16-2)59-36-35-57(47-65(59)76(64)66-45-51(38-39-73-66)69(3,4)5)77-56-31-25-30-55(46-56)74-62-32-23-24-33-63(62)75-68-60(48-27-21-19-22-28-48)43-54(72(12,13)14)44-61(68)50-40-52(70(6,7)8)42-53(41-50)71(9,10)11/h19,21-25,27-28,30-47,74-75H,15-18,20,26,29H2,1-14H3/i19D,21D,22D,27D,28D,40D,41D,42D. The number of rotatable bonds is 16. The van der Waals surface area contributed by atoms with Crippen LogP contribution in [-0.4, -0.2) is 9.55 Å². The molecule has 9 rings (SSSR count). The summed E-state index contributed by atoms with van der Waals surface area (Å²) in [6.45, 7) is 29.2. The highest BCUT2D eigenvalue weighted by Crippen LogP contribution is 2.46. The third kappa shape index (κ3) is 12.2. The number of anilines is 4. The summed E-state index contributed by atoms with van der Waals surface area (Å²) in [4.78, 5) is 5.02. The third-order valence-corrected chi connectivity index (χ3v) is 14.6. The number of ether oxygens (including phenoxy) is 1. The number of fused-ring (bicyclic) bond motifs is 3. The zero-order valence-corrected chi connectivity index (χ0v) is 48.1. The molecule has 398 valence electrons. The van der Waals surface area contributed by atoms with Crippen LogP contribution in [-0.2, 0) is 34.5 Å². The molecule has 0 aliphatic carbocycles. The molecule has 0 radical (unpaired) electrons. The summed E-state index contributed by atoms with van der Waals surface area (Å²) < 4.78 is 83.8. The van der Waals surface area contributed by atoms with Crippen LogP contribution in [0.2, 0.25) is 0 Å². The lowest BCUT2D eigenvalue weighted by atomic mass is 9.77. The van der Waals surface area contributed by atoms with E-state index in [1.165, 1.54) is 41.3 Å². The molecule has 0 unspecified atom stereocenters. The van der Waals surface area contributed by atoms with Gasteiger partial charge in [0.15, 0.2) is 0 Å². The molecule has 0 saturated heterocycles. The first-order valence-electron chi connectivity index (χ1n) is 31.8. The highest BCUT2D eigenvalue weighted by atomic mass is 16.5. The molecule has 7 aromatic carbocycles. The normalized spacial score (nSPS) is 13.8. The van der Waals surface area contributed by atoms with Crippen LogP contribution in [0, 0.1) is 0 Å². The molecule has 0 aliphatic heterocycles. The van der Waals surface area contributed by atoms with Gasteiger partial charge in [-0.05, 0) is 152 Å². The maximum atomic E-state index is 10.0. The number of pyridine rings is 1. The van der Waals surface area contributed by atoms with Crippen LogP contribution in [0.3, 0.4) is 0 Å². The second-order valence-corrected chi connectivity index (χ2v) is 24.9. The van der Waals surface area contributed by atoms with E-state index in [0.717, 1.165) is 53.5 Å². The third-order valence-electron chi connectivity index (χ3n) is 14.6. The summed E-state index contributed by atoms with van der Waals surface area (Å²) in [6.07, 6.45) is 9.80. The average Bonchev–Trinajstić information content (AvgIpc) is 2.41. The van der Waals surface area contributed by atoms with E-state index in [9.17, 15) is 6.85 Å². The summed E-state index contributed by atoms with van der Waals surface area (Å²) in [5.74, 6) is 2.12. The predicted octanol–water partition coefficient (Wildman–Crippen LogP) is 21.1. The van der Waals surface area contributed by atoms with Gasteiger partial charge in [-0.15, -0.1) is 0 Å². The minimum atomic E-state index is -0.672. The molecule has 9 aromatic rings. The van der Waals surface area contributed by atoms with Gasteiger partial charge in [0, 0.05) is 45.9 Å². The van der Waals surface area contributed by atoms with Crippen LogP contribution in [0.25, 0.3) is 49.9 Å². The first kappa shape index (κ1) is 45.0. The summed E-state index contributed by atoms with van der Waals surface area (Å²) >= 11 is 0.